The van der Waals surface area contributed by atoms with Gasteiger partial charge in [0.25, 0.3) is 5.91 Å². The van der Waals surface area contributed by atoms with Gasteiger partial charge in [-0.2, -0.15) is 11.8 Å². The minimum Gasteiger partial charge on any atom is -0.356 e. The highest BCUT2D eigenvalue weighted by molar-refractivity contribution is 7.99. The van der Waals surface area contributed by atoms with E-state index in [-0.39, 0.29) is 11.8 Å². The van der Waals surface area contributed by atoms with Crippen molar-refractivity contribution in [3.63, 3.8) is 0 Å². The maximum absolute atomic E-state index is 11.4. The molecule has 0 aromatic heterocycles. The predicted molar refractivity (Wildman–Crippen MR) is 61.1 cm³/mol. The van der Waals surface area contributed by atoms with E-state index in [0.29, 0.717) is 18.1 Å². The smallest absolute Gasteiger partial charge is 0.322 e. The van der Waals surface area contributed by atoms with Crippen LogP contribution in [-0.4, -0.2) is 41.4 Å². The van der Waals surface area contributed by atoms with E-state index in [1.54, 1.807) is 6.92 Å². The topological polar surface area (TPSA) is 87.3 Å². The average molecular weight is 245 g/mol. The number of nitrogens with one attached hydrogen (secondary N) is 3. The second kappa shape index (κ2) is 5.20. The molecule has 0 bridgehead atoms. The molecule has 0 aliphatic carbocycles. The fourth-order valence-corrected chi connectivity index (χ4v) is 2.26. The van der Waals surface area contributed by atoms with E-state index in [9.17, 15) is 14.4 Å². The molecule has 1 unspecified atom stereocenters. The highest BCUT2D eigenvalue weighted by Crippen LogP contribution is 2.16. The van der Waals surface area contributed by atoms with Gasteiger partial charge in [0.15, 0.2) is 0 Å². The van der Waals surface area contributed by atoms with E-state index < -0.39 is 11.6 Å². The SMILES string of the molecule is CC(=O)NCCSCC1(C)NC(=O)NC1=O. The Bertz CT molecular complexity index is 321. The lowest BCUT2D eigenvalue weighted by molar-refractivity contribution is -0.122. The van der Waals surface area contributed by atoms with Gasteiger partial charge in [0.05, 0.1) is 0 Å². The Balaban J connectivity index is 2.24. The highest BCUT2D eigenvalue weighted by Gasteiger charge is 2.41. The van der Waals surface area contributed by atoms with Gasteiger partial charge in [-0.3, -0.25) is 14.9 Å². The Morgan fingerprint density at radius 1 is 1.50 bits per heavy atom. The Hall–Kier alpha value is -1.24. The number of amides is 4. The summed E-state index contributed by atoms with van der Waals surface area (Å²) in [6.07, 6.45) is 0. The van der Waals surface area contributed by atoms with Crippen LogP contribution in [0.15, 0.2) is 0 Å². The van der Waals surface area contributed by atoms with Crippen molar-refractivity contribution in [1.82, 2.24) is 16.0 Å². The first-order chi connectivity index (χ1) is 7.44. The van der Waals surface area contributed by atoms with E-state index >= 15 is 0 Å². The lowest BCUT2D eigenvalue weighted by Crippen LogP contribution is -2.46. The summed E-state index contributed by atoms with van der Waals surface area (Å²) in [6.45, 7) is 3.70. The second-order valence-corrected chi connectivity index (χ2v) is 4.88. The summed E-state index contributed by atoms with van der Waals surface area (Å²) in [6, 6.07) is -0.449. The molecular formula is C9H15N3O3S. The van der Waals surface area contributed by atoms with Crippen LogP contribution in [0, 0.1) is 0 Å². The van der Waals surface area contributed by atoms with Crippen LogP contribution in [-0.2, 0) is 9.59 Å². The van der Waals surface area contributed by atoms with Crippen LogP contribution in [0.1, 0.15) is 13.8 Å². The number of hydrogen-bond acceptors (Lipinski definition) is 4. The van der Waals surface area contributed by atoms with E-state index in [0.717, 1.165) is 0 Å². The average Bonchev–Trinajstić information content (AvgIpc) is 2.39. The molecular weight excluding hydrogens is 230 g/mol. The van der Waals surface area contributed by atoms with Gasteiger partial charge < -0.3 is 10.6 Å². The Kier molecular flexibility index (Phi) is 4.17. The summed E-state index contributed by atoms with van der Waals surface area (Å²) in [5.41, 5.74) is -0.835. The summed E-state index contributed by atoms with van der Waals surface area (Å²) >= 11 is 1.51. The zero-order valence-electron chi connectivity index (χ0n) is 9.25. The maximum Gasteiger partial charge on any atom is 0.322 e. The number of carbonyl (C=O) groups excluding carboxylic acids is 3. The summed E-state index contributed by atoms with van der Waals surface area (Å²) in [7, 11) is 0. The van der Waals surface area contributed by atoms with Crippen molar-refractivity contribution in [1.29, 1.82) is 0 Å². The fourth-order valence-electron chi connectivity index (χ4n) is 1.26. The number of carbonyl (C=O) groups is 3. The summed E-state index contributed by atoms with van der Waals surface area (Å²) in [4.78, 5) is 32.9. The molecule has 7 heteroatoms. The molecule has 90 valence electrons. The first kappa shape index (κ1) is 12.8. The molecule has 1 aliphatic heterocycles. The van der Waals surface area contributed by atoms with Gasteiger partial charge in [0.1, 0.15) is 5.54 Å². The molecule has 0 aromatic carbocycles. The molecule has 1 saturated heterocycles. The normalized spacial score (nSPS) is 23.9. The minimum atomic E-state index is -0.835. The molecule has 1 aliphatic rings. The van der Waals surface area contributed by atoms with Crippen LogP contribution in [0.4, 0.5) is 4.79 Å². The number of urea groups is 1. The molecule has 1 atom stereocenters. The van der Waals surface area contributed by atoms with Crippen molar-refractivity contribution in [2.24, 2.45) is 0 Å². The third kappa shape index (κ3) is 3.41. The molecule has 0 spiro atoms. The molecule has 6 nitrogen and oxygen atoms in total. The molecule has 4 amide bonds. The van der Waals surface area contributed by atoms with Crippen molar-refractivity contribution in [3.05, 3.63) is 0 Å². The van der Waals surface area contributed by atoms with E-state index in [1.807, 2.05) is 0 Å². The number of imide groups is 1. The number of hydrogen-bond donors (Lipinski definition) is 3. The van der Waals surface area contributed by atoms with E-state index in [4.69, 9.17) is 0 Å². The lowest BCUT2D eigenvalue weighted by Gasteiger charge is -2.19. The minimum absolute atomic E-state index is 0.0706. The van der Waals surface area contributed by atoms with Crippen LogP contribution < -0.4 is 16.0 Å². The highest BCUT2D eigenvalue weighted by atomic mass is 32.2. The van der Waals surface area contributed by atoms with E-state index in [1.165, 1.54) is 18.7 Å². The zero-order chi connectivity index (χ0) is 12.2. The van der Waals surface area contributed by atoms with Gasteiger partial charge in [0.2, 0.25) is 5.91 Å². The molecule has 0 radical (unpaired) electrons. The zero-order valence-corrected chi connectivity index (χ0v) is 10.1. The van der Waals surface area contributed by atoms with Crippen molar-refractivity contribution in [3.8, 4) is 0 Å². The summed E-state index contributed by atoms with van der Waals surface area (Å²) < 4.78 is 0. The molecule has 1 fully saturated rings. The van der Waals surface area contributed by atoms with Crippen LogP contribution >= 0.6 is 11.8 Å². The third-order valence-electron chi connectivity index (χ3n) is 2.13. The van der Waals surface area contributed by atoms with Gasteiger partial charge in [0, 0.05) is 25.0 Å². The largest absolute Gasteiger partial charge is 0.356 e. The van der Waals surface area contributed by atoms with Crippen molar-refractivity contribution >= 4 is 29.6 Å². The monoisotopic (exact) mass is 245 g/mol. The van der Waals surface area contributed by atoms with Crippen LogP contribution in [0.2, 0.25) is 0 Å². The van der Waals surface area contributed by atoms with Gasteiger partial charge in [-0.25, -0.2) is 4.79 Å². The number of rotatable bonds is 5. The van der Waals surface area contributed by atoms with Gasteiger partial charge in [-0.15, -0.1) is 0 Å². The molecule has 0 aromatic rings. The maximum atomic E-state index is 11.4. The van der Waals surface area contributed by atoms with Crippen molar-refractivity contribution in [2.45, 2.75) is 19.4 Å². The standard InChI is InChI=1S/C9H15N3O3S/c1-6(13)10-3-4-16-5-9(2)7(14)11-8(15)12-9/h3-5H2,1-2H3,(H,10,13)(H2,11,12,14,15). The van der Waals surface area contributed by atoms with Crippen LogP contribution in [0.5, 0.6) is 0 Å². The summed E-state index contributed by atoms with van der Waals surface area (Å²) in [5.74, 6) is 0.825. The predicted octanol–water partition coefficient (Wildman–Crippen LogP) is -0.546. The first-order valence-corrected chi connectivity index (χ1v) is 6.05. The molecule has 1 rings (SSSR count). The fraction of sp³-hybridized carbons (Fsp3) is 0.667. The summed E-state index contributed by atoms with van der Waals surface area (Å²) in [5, 5.41) is 7.42. The quantitative estimate of drug-likeness (QED) is 0.448. The second-order valence-electron chi connectivity index (χ2n) is 3.78. The Morgan fingerprint density at radius 2 is 2.19 bits per heavy atom. The number of thioether (sulfide) groups is 1. The van der Waals surface area contributed by atoms with Gasteiger partial charge >= 0.3 is 6.03 Å². The van der Waals surface area contributed by atoms with Crippen molar-refractivity contribution < 1.29 is 14.4 Å². The first-order valence-electron chi connectivity index (χ1n) is 4.90. The molecule has 16 heavy (non-hydrogen) atoms. The third-order valence-corrected chi connectivity index (χ3v) is 3.40. The van der Waals surface area contributed by atoms with Crippen LogP contribution in [0.3, 0.4) is 0 Å². The molecule has 3 N–H and O–H groups in total. The lowest BCUT2D eigenvalue weighted by atomic mass is 10.1. The Morgan fingerprint density at radius 3 is 2.69 bits per heavy atom. The van der Waals surface area contributed by atoms with E-state index in [2.05, 4.69) is 16.0 Å². The Labute approximate surface area is 97.9 Å². The van der Waals surface area contributed by atoms with Gasteiger partial charge in [-0.05, 0) is 6.92 Å². The van der Waals surface area contributed by atoms with Crippen molar-refractivity contribution in [2.75, 3.05) is 18.1 Å². The van der Waals surface area contributed by atoms with Crippen LogP contribution in [0.25, 0.3) is 0 Å². The molecule has 1 heterocycles. The van der Waals surface area contributed by atoms with Gasteiger partial charge in [-0.1, -0.05) is 0 Å². The molecule has 0 saturated carbocycles.